The first-order valence-corrected chi connectivity index (χ1v) is 8.53. The van der Waals surface area contributed by atoms with Gasteiger partial charge in [-0.15, -0.1) is 0 Å². The highest BCUT2D eigenvalue weighted by Gasteiger charge is 2.17. The van der Waals surface area contributed by atoms with Crippen molar-refractivity contribution in [1.82, 2.24) is 0 Å². The van der Waals surface area contributed by atoms with E-state index in [9.17, 15) is 5.11 Å². The molecule has 0 heterocycles. The fourth-order valence-corrected chi connectivity index (χ4v) is 2.82. The fraction of sp³-hybridized carbons (Fsp3) is 0.700. The summed E-state index contributed by atoms with van der Waals surface area (Å²) in [6.07, 6.45) is 15.4. The van der Waals surface area contributed by atoms with Gasteiger partial charge < -0.3 is 5.11 Å². The molecule has 2 unspecified atom stereocenters. The van der Waals surface area contributed by atoms with Crippen LogP contribution in [0.5, 0.6) is 0 Å². The van der Waals surface area contributed by atoms with Crippen molar-refractivity contribution in [2.45, 2.75) is 78.7 Å². The van der Waals surface area contributed by atoms with Gasteiger partial charge in [-0.05, 0) is 71.1 Å². The Morgan fingerprint density at radius 2 is 1.71 bits per heavy atom. The van der Waals surface area contributed by atoms with Crippen molar-refractivity contribution in [3.05, 3.63) is 35.5 Å². The second-order valence-electron chi connectivity index (χ2n) is 7.34. The van der Waals surface area contributed by atoms with Crippen molar-refractivity contribution in [1.29, 1.82) is 0 Å². The maximum Gasteiger partial charge on any atom is 0.0802 e. The first-order valence-electron chi connectivity index (χ1n) is 8.53. The summed E-state index contributed by atoms with van der Waals surface area (Å²) in [5.74, 6) is 1.18. The summed E-state index contributed by atoms with van der Waals surface area (Å²) in [5, 5.41) is 10.5. The molecule has 0 saturated heterocycles. The lowest BCUT2D eigenvalue weighted by atomic mass is 9.87. The van der Waals surface area contributed by atoms with Crippen LogP contribution >= 0.6 is 0 Å². The van der Waals surface area contributed by atoms with Crippen LogP contribution in [0.25, 0.3) is 0 Å². The average molecular weight is 290 g/mol. The van der Waals surface area contributed by atoms with Crippen LogP contribution in [0, 0.1) is 11.8 Å². The van der Waals surface area contributed by atoms with Crippen molar-refractivity contribution < 1.29 is 5.11 Å². The SMILES string of the molecule is C/C1=C/CCC(C)(O)/C=C/C(C(C)C)CC/C(C)=C/CC1. The van der Waals surface area contributed by atoms with E-state index in [1.165, 1.54) is 17.6 Å². The summed E-state index contributed by atoms with van der Waals surface area (Å²) in [5.41, 5.74) is 2.26. The summed E-state index contributed by atoms with van der Waals surface area (Å²) >= 11 is 0. The molecule has 0 fully saturated rings. The molecule has 0 aliphatic heterocycles. The van der Waals surface area contributed by atoms with E-state index in [-0.39, 0.29) is 0 Å². The van der Waals surface area contributed by atoms with Gasteiger partial charge in [0, 0.05) is 0 Å². The molecule has 120 valence electrons. The normalized spacial score (nSPS) is 36.2. The van der Waals surface area contributed by atoms with Crippen LogP contribution in [0.4, 0.5) is 0 Å². The third kappa shape index (κ3) is 7.66. The maximum atomic E-state index is 10.5. The minimum Gasteiger partial charge on any atom is -0.386 e. The topological polar surface area (TPSA) is 20.2 Å². The molecule has 1 nitrogen and oxygen atoms in total. The van der Waals surface area contributed by atoms with Gasteiger partial charge in [-0.3, -0.25) is 0 Å². The Morgan fingerprint density at radius 3 is 2.38 bits per heavy atom. The predicted molar refractivity (Wildman–Crippen MR) is 93.3 cm³/mol. The number of hydrogen-bond acceptors (Lipinski definition) is 1. The minimum absolute atomic E-state index is 0.556. The van der Waals surface area contributed by atoms with Crippen molar-refractivity contribution >= 4 is 0 Å². The van der Waals surface area contributed by atoms with Gasteiger partial charge in [0.1, 0.15) is 0 Å². The molecule has 1 aliphatic rings. The van der Waals surface area contributed by atoms with E-state index in [2.05, 4.69) is 45.9 Å². The summed E-state index contributed by atoms with van der Waals surface area (Å²) in [4.78, 5) is 0. The predicted octanol–water partition coefficient (Wildman–Crippen LogP) is 5.81. The number of hydrogen-bond donors (Lipinski definition) is 1. The molecule has 0 aromatic heterocycles. The van der Waals surface area contributed by atoms with E-state index in [1.807, 2.05) is 13.0 Å². The zero-order valence-corrected chi connectivity index (χ0v) is 14.7. The first-order chi connectivity index (χ1) is 9.80. The van der Waals surface area contributed by atoms with Gasteiger partial charge in [0.25, 0.3) is 0 Å². The highest BCUT2D eigenvalue weighted by Crippen LogP contribution is 2.25. The Bertz CT molecular complexity index is 396. The molecule has 2 atom stereocenters. The first kappa shape index (κ1) is 18.2. The van der Waals surface area contributed by atoms with Crippen molar-refractivity contribution in [3.8, 4) is 0 Å². The lowest BCUT2D eigenvalue weighted by Gasteiger charge is -2.22. The van der Waals surface area contributed by atoms with E-state index in [0.29, 0.717) is 11.8 Å². The van der Waals surface area contributed by atoms with Gasteiger partial charge in [-0.1, -0.05) is 49.3 Å². The summed E-state index contributed by atoms with van der Waals surface area (Å²) < 4.78 is 0. The Hall–Kier alpha value is -0.820. The second-order valence-corrected chi connectivity index (χ2v) is 7.34. The monoisotopic (exact) mass is 290 g/mol. The van der Waals surface area contributed by atoms with E-state index < -0.39 is 5.60 Å². The summed E-state index contributed by atoms with van der Waals surface area (Å²) in [6.45, 7) is 10.9. The van der Waals surface area contributed by atoms with Crippen LogP contribution in [0.15, 0.2) is 35.5 Å². The van der Waals surface area contributed by atoms with E-state index in [4.69, 9.17) is 0 Å². The Labute approximate surface area is 131 Å². The smallest absolute Gasteiger partial charge is 0.0802 e. The van der Waals surface area contributed by atoms with Crippen molar-refractivity contribution in [2.24, 2.45) is 11.8 Å². The maximum absolute atomic E-state index is 10.5. The molecule has 1 aliphatic carbocycles. The Balaban J connectivity index is 2.87. The van der Waals surface area contributed by atoms with Crippen molar-refractivity contribution in [2.75, 3.05) is 0 Å². The molecule has 21 heavy (non-hydrogen) atoms. The number of rotatable bonds is 1. The molecule has 0 aromatic carbocycles. The molecular formula is C20H34O. The molecular weight excluding hydrogens is 256 g/mol. The van der Waals surface area contributed by atoms with Gasteiger partial charge in [0.05, 0.1) is 5.60 Å². The molecule has 0 aromatic rings. The minimum atomic E-state index is -0.682. The van der Waals surface area contributed by atoms with Crippen LogP contribution in [-0.4, -0.2) is 10.7 Å². The van der Waals surface area contributed by atoms with Gasteiger partial charge in [-0.2, -0.15) is 0 Å². The molecule has 1 rings (SSSR count). The van der Waals surface area contributed by atoms with Crippen LogP contribution in [-0.2, 0) is 0 Å². The summed E-state index contributed by atoms with van der Waals surface area (Å²) in [7, 11) is 0. The average Bonchev–Trinajstić information content (AvgIpc) is 2.37. The standard InChI is InChI=1S/C20H34O/c1-16(2)19-12-11-18(4)9-6-8-17(3)10-7-14-20(5,21)15-13-19/h9-10,13,15-16,19,21H,6-8,11-12,14H2,1-5H3/b15-13+,17-10-,18-9+. The largest absolute Gasteiger partial charge is 0.386 e. The Kier molecular flexibility index (Phi) is 7.45. The molecule has 1 N–H and O–H groups in total. The summed E-state index contributed by atoms with van der Waals surface area (Å²) in [6, 6.07) is 0. The van der Waals surface area contributed by atoms with Crippen molar-refractivity contribution in [3.63, 3.8) is 0 Å². The quantitative estimate of drug-likeness (QED) is 0.604. The van der Waals surface area contributed by atoms with Crippen LogP contribution in [0.2, 0.25) is 0 Å². The van der Waals surface area contributed by atoms with Crippen LogP contribution in [0.3, 0.4) is 0 Å². The number of allylic oxidation sites excluding steroid dienone is 5. The van der Waals surface area contributed by atoms with Gasteiger partial charge in [0.2, 0.25) is 0 Å². The fourth-order valence-electron chi connectivity index (χ4n) is 2.82. The van der Waals surface area contributed by atoms with E-state index in [0.717, 1.165) is 32.1 Å². The van der Waals surface area contributed by atoms with Gasteiger partial charge in [-0.25, -0.2) is 0 Å². The zero-order chi connectivity index (χ0) is 15.9. The van der Waals surface area contributed by atoms with Gasteiger partial charge >= 0.3 is 0 Å². The van der Waals surface area contributed by atoms with Crippen LogP contribution in [0.1, 0.15) is 73.1 Å². The molecule has 0 bridgehead atoms. The lowest BCUT2D eigenvalue weighted by molar-refractivity contribution is 0.102. The molecule has 1 heteroatoms. The van der Waals surface area contributed by atoms with Gasteiger partial charge in [0.15, 0.2) is 0 Å². The second kappa shape index (κ2) is 8.58. The lowest BCUT2D eigenvalue weighted by Crippen LogP contribution is -2.21. The molecule has 0 radical (unpaired) electrons. The Morgan fingerprint density at radius 1 is 1.10 bits per heavy atom. The van der Waals surface area contributed by atoms with E-state index in [1.54, 1.807) is 0 Å². The molecule has 0 amide bonds. The molecule has 0 saturated carbocycles. The third-order valence-electron chi connectivity index (χ3n) is 4.61. The third-order valence-corrected chi connectivity index (χ3v) is 4.61. The molecule has 0 spiro atoms. The zero-order valence-electron chi connectivity index (χ0n) is 14.7. The highest BCUT2D eigenvalue weighted by molar-refractivity contribution is 5.08. The van der Waals surface area contributed by atoms with E-state index >= 15 is 0 Å². The van der Waals surface area contributed by atoms with Crippen LogP contribution < -0.4 is 0 Å². The highest BCUT2D eigenvalue weighted by atomic mass is 16.3. The number of aliphatic hydroxyl groups is 1.